The molecule has 0 aliphatic carbocycles. The summed E-state index contributed by atoms with van der Waals surface area (Å²) in [5.74, 6) is -0.247. The third-order valence-electron chi connectivity index (χ3n) is 5.03. The van der Waals surface area contributed by atoms with Gasteiger partial charge in [0.1, 0.15) is 5.82 Å². The van der Waals surface area contributed by atoms with E-state index >= 15 is 0 Å². The van der Waals surface area contributed by atoms with E-state index in [0.29, 0.717) is 6.42 Å². The molecule has 1 heterocycles. The average molecular weight is 356 g/mol. The van der Waals surface area contributed by atoms with Crippen LogP contribution in [0.15, 0.2) is 48.5 Å². The summed E-state index contributed by atoms with van der Waals surface area (Å²) in [7, 11) is 0. The molecule has 0 bridgehead atoms. The molecule has 0 spiro atoms. The van der Waals surface area contributed by atoms with E-state index in [1.54, 1.807) is 12.1 Å². The van der Waals surface area contributed by atoms with Crippen molar-refractivity contribution in [2.75, 3.05) is 13.2 Å². The van der Waals surface area contributed by atoms with Gasteiger partial charge in [0.25, 0.3) is 0 Å². The third kappa shape index (κ3) is 4.22. The van der Waals surface area contributed by atoms with Gasteiger partial charge in [-0.25, -0.2) is 9.18 Å². The molecule has 0 radical (unpaired) electrons. The molecule has 1 aliphatic heterocycles. The lowest BCUT2D eigenvalue weighted by molar-refractivity contribution is 0.175. The molecule has 5 heteroatoms. The molecule has 4 nitrogen and oxygen atoms in total. The maximum Gasteiger partial charge on any atom is 0.318 e. The number of urea groups is 1. The fraction of sp³-hybridized carbons (Fsp3) is 0.381. The lowest BCUT2D eigenvalue weighted by Gasteiger charge is -2.26. The van der Waals surface area contributed by atoms with Crippen molar-refractivity contribution in [2.24, 2.45) is 0 Å². The van der Waals surface area contributed by atoms with Gasteiger partial charge >= 0.3 is 6.03 Å². The van der Waals surface area contributed by atoms with E-state index in [1.165, 1.54) is 12.1 Å². The highest BCUT2D eigenvalue weighted by atomic mass is 19.1. The molecule has 138 valence electrons. The first-order chi connectivity index (χ1) is 12.6. The highest BCUT2D eigenvalue weighted by molar-refractivity contribution is 5.75. The number of nitrogens with zero attached hydrogens (tertiary/aromatic N) is 1. The molecule has 2 atom stereocenters. The van der Waals surface area contributed by atoms with Crippen LogP contribution in [-0.4, -0.2) is 35.2 Å². The van der Waals surface area contributed by atoms with E-state index < -0.39 is 0 Å². The minimum Gasteiger partial charge on any atom is -0.396 e. The molecule has 2 unspecified atom stereocenters. The van der Waals surface area contributed by atoms with Crippen LogP contribution in [0.2, 0.25) is 0 Å². The monoisotopic (exact) mass is 356 g/mol. The van der Waals surface area contributed by atoms with Crippen molar-refractivity contribution in [1.29, 1.82) is 0 Å². The van der Waals surface area contributed by atoms with Crippen LogP contribution in [0, 0.1) is 5.82 Å². The van der Waals surface area contributed by atoms with Crippen molar-refractivity contribution in [3.8, 4) is 11.1 Å². The fourth-order valence-electron chi connectivity index (χ4n) is 3.51. The first-order valence-corrected chi connectivity index (χ1v) is 9.12. The Hall–Kier alpha value is -2.40. The van der Waals surface area contributed by atoms with Gasteiger partial charge in [-0.2, -0.15) is 0 Å². The summed E-state index contributed by atoms with van der Waals surface area (Å²) < 4.78 is 13.0. The summed E-state index contributed by atoms with van der Waals surface area (Å²) in [6.07, 6.45) is 2.57. The highest BCUT2D eigenvalue weighted by Gasteiger charge is 2.28. The minimum absolute atomic E-state index is 0.0731. The summed E-state index contributed by atoms with van der Waals surface area (Å²) in [6, 6.07) is 14.3. The van der Waals surface area contributed by atoms with Gasteiger partial charge in [-0.05, 0) is 55.0 Å². The van der Waals surface area contributed by atoms with Gasteiger partial charge in [0.15, 0.2) is 0 Å². The normalized spacial score (nSPS) is 18.0. The van der Waals surface area contributed by atoms with Gasteiger partial charge in [0.05, 0.1) is 6.04 Å². The summed E-state index contributed by atoms with van der Waals surface area (Å²) in [6.45, 7) is 2.81. The topological polar surface area (TPSA) is 52.6 Å². The molecule has 0 saturated carbocycles. The van der Waals surface area contributed by atoms with E-state index in [4.69, 9.17) is 5.11 Å². The Morgan fingerprint density at radius 2 is 1.81 bits per heavy atom. The van der Waals surface area contributed by atoms with Crippen molar-refractivity contribution in [1.82, 2.24) is 10.2 Å². The molecule has 3 rings (SSSR count). The maximum atomic E-state index is 13.0. The molecular weight excluding hydrogens is 331 g/mol. The lowest BCUT2D eigenvalue weighted by atomic mass is 10.0. The lowest BCUT2D eigenvalue weighted by Crippen LogP contribution is -2.43. The number of nitrogens with one attached hydrogen (secondary N) is 1. The molecule has 2 aromatic carbocycles. The number of hydrogen-bond donors (Lipinski definition) is 2. The molecule has 0 aromatic heterocycles. The molecule has 2 N–H and O–H groups in total. The molecular formula is C21H25FN2O2. The number of rotatable bonds is 5. The minimum atomic E-state index is -0.247. The predicted octanol–water partition coefficient (Wildman–Crippen LogP) is 4.11. The molecule has 2 aromatic rings. The van der Waals surface area contributed by atoms with Crippen molar-refractivity contribution in [3.63, 3.8) is 0 Å². The molecule has 1 saturated heterocycles. The van der Waals surface area contributed by atoms with Crippen LogP contribution in [0.5, 0.6) is 0 Å². The third-order valence-corrected chi connectivity index (χ3v) is 5.03. The van der Waals surface area contributed by atoms with Gasteiger partial charge < -0.3 is 15.3 Å². The highest BCUT2D eigenvalue weighted by Crippen LogP contribution is 2.24. The first-order valence-electron chi connectivity index (χ1n) is 9.12. The standard InChI is InChI=1S/C21H25FN2O2/c1-15(23-21(26)24-13-2-3-20(24)12-14-25)16-4-6-17(7-5-16)18-8-10-19(22)11-9-18/h4-11,15,20,25H,2-3,12-14H2,1H3,(H,23,26). The van der Waals surface area contributed by atoms with Crippen LogP contribution in [0.1, 0.15) is 37.8 Å². The number of hydrogen-bond acceptors (Lipinski definition) is 2. The Kier molecular flexibility index (Phi) is 5.89. The number of aliphatic hydroxyl groups excluding tert-OH is 1. The van der Waals surface area contributed by atoms with Crippen LogP contribution < -0.4 is 5.32 Å². The van der Waals surface area contributed by atoms with Crippen molar-refractivity contribution < 1.29 is 14.3 Å². The second-order valence-electron chi connectivity index (χ2n) is 6.80. The number of amides is 2. The first kappa shape index (κ1) is 18.4. The Morgan fingerprint density at radius 3 is 2.42 bits per heavy atom. The number of carbonyl (C=O) groups excluding carboxylic acids is 1. The van der Waals surface area contributed by atoms with Crippen LogP contribution >= 0.6 is 0 Å². The number of benzene rings is 2. The Balaban J connectivity index is 1.63. The van der Waals surface area contributed by atoms with Gasteiger partial charge in [-0.15, -0.1) is 0 Å². The van der Waals surface area contributed by atoms with Crippen molar-refractivity contribution in [3.05, 3.63) is 59.9 Å². The van der Waals surface area contributed by atoms with Gasteiger partial charge in [-0.1, -0.05) is 36.4 Å². The average Bonchev–Trinajstić information content (AvgIpc) is 3.11. The van der Waals surface area contributed by atoms with E-state index in [9.17, 15) is 9.18 Å². The zero-order valence-corrected chi connectivity index (χ0v) is 15.0. The largest absolute Gasteiger partial charge is 0.396 e. The Morgan fingerprint density at radius 1 is 1.19 bits per heavy atom. The summed E-state index contributed by atoms with van der Waals surface area (Å²) in [5.41, 5.74) is 2.98. The molecule has 26 heavy (non-hydrogen) atoms. The molecule has 2 amide bonds. The van der Waals surface area contributed by atoms with Gasteiger partial charge in [-0.3, -0.25) is 0 Å². The van der Waals surface area contributed by atoms with Gasteiger partial charge in [0, 0.05) is 19.2 Å². The number of carbonyl (C=O) groups is 1. The van der Waals surface area contributed by atoms with E-state index in [2.05, 4.69) is 5.32 Å². The second-order valence-corrected chi connectivity index (χ2v) is 6.80. The summed E-state index contributed by atoms with van der Waals surface area (Å²) in [5, 5.41) is 12.2. The maximum absolute atomic E-state index is 13.0. The van der Waals surface area contributed by atoms with E-state index in [0.717, 1.165) is 36.1 Å². The zero-order chi connectivity index (χ0) is 18.5. The number of halogens is 1. The van der Waals surface area contributed by atoms with Crippen molar-refractivity contribution in [2.45, 2.75) is 38.3 Å². The predicted molar refractivity (Wildman–Crippen MR) is 100 cm³/mol. The Labute approximate surface area is 153 Å². The van der Waals surface area contributed by atoms with Crippen molar-refractivity contribution >= 4 is 6.03 Å². The second kappa shape index (κ2) is 8.32. The summed E-state index contributed by atoms with van der Waals surface area (Å²) >= 11 is 0. The summed E-state index contributed by atoms with van der Waals surface area (Å²) in [4.78, 5) is 14.4. The molecule has 1 aliphatic rings. The quantitative estimate of drug-likeness (QED) is 0.847. The smallest absolute Gasteiger partial charge is 0.318 e. The number of likely N-dealkylation sites (tertiary alicyclic amines) is 1. The van der Waals surface area contributed by atoms with Gasteiger partial charge in [0.2, 0.25) is 0 Å². The number of aliphatic hydroxyl groups is 1. The Bertz CT molecular complexity index is 731. The van der Waals surface area contributed by atoms with Crippen LogP contribution in [0.4, 0.5) is 9.18 Å². The zero-order valence-electron chi connectivity index (χ0n) is 15.0. The van der Waals surface area contributed by atoms with E-state index in [-0.39, 0.29) is 30.5 Å². The SMILES string of the molecule is CC(NC(=O)N1CCCC1CCO)c1ccc(-c2ccc(F)cc2)cc1. The van der Waals surface area contributed by atoms with E-state index in [1.807, 2.05) is 36.1 Å². The van der Waals surface area contributed by atoms with Crippen LogP contribution in [0.3, 0.4) is 0 Å². The molecule has 1 fully saturated rings. The fourth-order valence-corrected chi connectivity index (χ4v) is 3.51. The van der Waals surface area contributed by atoms with Crippen LogP contribution in [0.25, 0.3) is 11.1 Å². The van der Waals surface area contributed by atoms with Crippen LogP contribution in [-0.2, 0) is 0 Å².